The quantitative estimate of drug-likeness (QED) is 0.597. The van der Waals surface area contributed by atoms with E-state index in [0.29, 0.717) is 24.7 Å². The zero-order valence-electron chi connectivity index (χ0n) is 11.5. The van der Waals surface area contributed by atoms with E-state index in [1.807, 2.05) is 6.92 Å². The summed E-state index contributed by atoms with van der Waals surface area (Å²) < 4.78 is 0. The number of anilines is 2. The van der Waals surface area contributed by atoms with Crippen molar-refractivity contribution in [2.24, 2.45) is 5.84 Å². The van der Waals surface area contributed by atoms with Crippen LogP contribution in [0.2, 0.25) is 0 Å². The normalized spacial score (nSPS) is 14.0. The van der Waals surface area contributed by atoms with Gasteiger partial charge in [0.1, 0.15) is 17.5 Å². The average molecular weight is 260 g/mol. The average Bonchev–Trinajstić information content (AvgIpc) is 3.25. The fourth-order valence-electron chi connectivity index (χ4n) is 2.09. The summed E-state index contributed by atoms with van der Waals surface area (Å²) >= 11 is 0. The summed E-state index contributed by atoms with van der Waals surface area (Å²) in [5.41, 5.74) is 3.59. The Kier molecular flexibility index (Phi) is 4.17. The van der Waals surface area contributed by atoms with Gasteiger partial charge >= 0.3 is 0 Å². The Morgan fingerprint density at radius 2 is 2.21 bits per heavy atom. The van der Waals surface area contributed by atoms with Gasteiger partial charge in [0.05, 0.1) is 12.5 Å². The van der Waals surface area contributed by atoms with Crippen molar-refractivity contribution in [3.05, 3.63) is 11.4 Å². The van der Waals surface area contributed by atoms with Crippen molar-refractivity contribution < 1.29 is 0 Å². The van der Waals surface area contributed by atoms with Crippen molar-refractivity contribution in [1.29, 1.82) is 5.26 Å². The molecule has 2 rings (SSSR count). The third-order valence-electron chi connectivity index (χ3n) is 3.39. The van der Waals surface area contributed by atoms with Gasteiger partial charge < -0.3 is 10.3 Å². The first kappa shape index (κ1) is 13.6. The standard InChI is InChI=1S/C13H20N6/c1-3-19(8-4-7-14)13-9(2)11(18-15)16-12(17-13)10-5-6-10/h10H,3-6,8,15H2,1-2H3,(H,16,17,18). The van der Waals surface area contributed by atoms with Gasteiger partial charge in [-0.3, -0.25) is 0 Å². The molecule has 0 saturated heterocycles. The maximum absolute atomic E-state index is 8.74. The first-order valence-corrected chi connectivity index (χ1v) is 6.68. The zero-order chi connectivity index (χ0) is 13.8. The summed E-state index contributed by atoms with van der Waals surface area (Å²) in [4.78, 5) is 11.3. The van der Waals surface area contributed by atoms with Crippen molar-refractivity contribution in [3.63, 3.8) is 0 Å². The first-order valence-electron chi connectivity index (χ1n) is 6.68. The Hall–Kier alpha value is -1.87. The Morgan fingerprint density at radius 3 is 2.74 bits per heavy atom. The molecule has 3 N–H and O–H groups in total. The van der Waals surface area contributed by atoms with E-state index in [1.54, 1.807) is 0 Å². The molecule has 0 aliphatic heterocycles. The summed E-state index contributed by atoms with van der Waals surface area (Å²) in [5, 5.41) is 8.74. The number of nitrogens with zero attached hydrogens (tertiary/aromatic N) is 4. The predicted molar refractivity (Wildman–Crippen MR) is 74.7 cm³/mol. The lowest BCUT2D eigenvalue weighted by molar-refractivity contribution is 0.788. The summed E-state index contributed by atoms with van der Waals surface area (Å²) in [7, 11) is 0. The third-order valence-corrected chi connectivity index (χ3v) is 3.39. The van der Waals surface area contributed by atoms with Crippen molar-refractivity contribution in [3.8, 4) is 6.07 Å². The third kappa shape index (κ3) is 2.93. The van der Waals surface area contributed by atoms with E-state index < -0.39 is 0 Å². The van der Waals surface area contributed by atoms with Crippen LogP contribution < -0.4 is 16.2 Å². The van der Waals surface area contributed by atoms with Gasteiger partial charge in [0.15, 0.2) is 0 Å². The van der Waals surface area contributed by atoms with Gasteiger partial charge in [-0.05, 0) is 26.7 Å². The molecule has 1 aromatic heterocycles. The number of hydrazine groups is 1. The fourth-order valence-corrected chi connectivity index (χ4v) is 2.09. The second-order valence-electron chi connectivity index (χ2n) is 4.79. The monoisotopic (exact) mass is 260 g/mol. The molecule has 1 aromatic rings. The lowest BCUT2D eigenvalue weighted by Gasteiger charge is -2.24. The zero-order valence-corrected chi connectivity index (χ0v) is 11.5. The van der Waals surface area contributed by atoms with Gasteiger partial charge in [-0.15, -0.1) is 0 Å². The molecular weight excluding hydrogens is 240 g/mol. The second-order valence-corrected chi connectivity index (χ2v) is 4.79. The van der Waals surface area contributed by atoms with Gasteiger partial charge in [-0.25, -0.2) is 15.8 Å². The van der Waals surface area contributed by atoms with Crippen LogP contribution in [-0.4, -0.2) is 23.1 Å². The number of nitrogen functional groups attached to an aromatic ring is 1. The molecule has 0 unspecified atom stereocenters. The molecule has 0 bridgehead atoms. The molecule has 1 aliphatic carbocycles. The first-order chi connectivity index (χ1) is 9.21. The van der Waals surface area contributed by atoms with Crippen LogP contribution in [0, 0.1) is 18.3 Å². The molecule has 0 radical (unpaired) electrons. The minimum Gasteiger partial charge on any atom is -0.355 e. The summed E-state index contributed by atoms with van der Waals surface area (Å²) in [6.07, 6.45) is 2.79. The predicted octanol–water partition coefficient (Wildman–Crippen LogP) is 1.69. The molecule has 0 aromatic carbocycles. The fraction of sp³-hybridized carbons (Fsp3) is 0.615. The SMILES string of the molecule is CCN(CCC#N)c1nc(C2CC2)nc(NN)c1C. The van der Waals surface area contributed by atoms with Gasteiger partial charge in [0, 0.05) is 24.6 Å². The largest absolute Gasteiger partial charge is 0.355 e. The van der Waals surface area contributed by atoms with Crippen molar-refractivity contribution in [1.82, 2.24) is 9.97 Å². The molecule has 6 heteroatoms. The van der Waals surface area contributed by atoms with Crippen LogP contribution in [0.15, 0.2) is 0 Å². The number of rotatable bonds is 6. The topological polar surface area (TPSA) is 90.9 Å². The summed E-state index contributed by atoms with van der Waals surface area (Å²) in [6.45, 7) is 5.51. The van der Waals surface area contributed by atoms with Crippen LogP contribution in [0.25, 0.3) is 0 Å². The Morgan fingerprint density at radius 1 is 1.47 bits per heavy atom. The van der Waals surface area contributed by atoms with E-state index in [0.717, 1.165) is 36.6 Å². The minimum absolute atomic E-state index is 0.473. The second kappa shape index (κ2) is 5.85. The van der Waals surface area contributed by atoms with Gasteiger partial charge in [0.2, 0.25) is 0 Å². The maximum atomic E-state index is 8.74. The van der Waals surface area contributed by atoms with E-state index in [1.165, 1.54) is 0 Å². The van der Waals surface area contributed by atoms with Gasteiger partial charge in [0.25, 0.3) is 0 Å². The molecule has 0 spiro atoms. The number of nitriles is 1. The molecule has 1 saturated carbocycles. The molecular formula is C13H20N6. The summed E-state index contributed by atoms with van der Waals surface area (Å²) in [5.74, 6) is 8.45. The van der Waals surface area contributed by atoms with Crippen LogP contribution in [0.3, 0.4) is 0 Å². The molecule has 1 heterocycles. The molecule has 102 valence electrons. The number of nitrogens with one attached hydrogen (secondary N) is 1. The van der Waals surface area contributed by atoms with Crippen LogP contribution in [0.5, 0.6) is 0 Å². The van der Waals surface area contributed by atoms with E-state index in [-0.39, 0.29) is 0 Å². The molecule has 0 amide bonds. The summed E-state index contributed by atoms with van der Waals surface area (Å²) in [6, 6.07) is 2.17. The van der Waals surface area contributed by atoms with Crippen LogP contribution >= 0.6 is 0 Å². The smallest absolute Gasteiger partial charge is 0.148 e. The highest BCUT2D eigenvalue weighted by Crippen LogP contribution is 2.39. The Balaban J connectivity index is 2.35. The highest BCUT2D eigenvalue weighted by Gasteiger charge is 2.28. The van der Waals surface area contributed by atoms with E-state index >= 15 is 0 Å². The van der Waals surface area contributed by atoms with Crippen LogP contribution in [-0.2, 0) is 0 Å². The lowest BCUT2D eigenvalue weighted by Crippen LogP contribution is -2.27. The number of aromatic nitrogens is 2. The van der Waals surface area contributed by atoms with Crippen LogP contribution in [0.1, 0.15) is 43.5 Å². The highest BCUT2D eigenvalue weighted by molar-refractivity contribution is 5.58. The molecule has 1 aliphatic rings. The lowest BCUT2D eigenvalue weighted by atomic mass is 10.2. The van der Waals surface area contributed by atoms with E-state index in [9.17, 15) is 0 Å². The number of hydrogen-bond acceptors (Lipinski definition) is 6. The number of hydrogen-bond donors (Lipinski definition) is 2. The van der Waals surface area contributed by atoms with E-state index in [2.05, 4.69) is 33.3 Å². The molecule has 6 nitrogen and oxygen atoms in total. The number of nitrogens with two attached hydrogens (primary N) is 1. The molecule has 1 fully saturated rings. The van der Waals surface area contributed by atoms with Gasteiger partial charge in [-0.2, -0.15) is 5.26 Å². The Bertz CT molecular complexity index is 489. The Labute approximate surface area is 113 Å². The van der Waals surface area contributed by atoms with E-state index in [4.69, 9.17) is 11.1 Å². The van der Waals surface area contributed by atoms with Crippen LogP contribution in [0.4, 0.5) is 11.6 Å². The van der Waals surface area contributed by atoms with Crippen molar-refractivity contribution in [2.45, 2.75) is 39.0 Å². The van der Waals surface area contributed by atoms with Crippen molar-refractivity contribution in [2.75, 3.05) is 23.4 Å². The maximum Gasteiger partial charge on any atom is 0.148 e. The molecule has 19 heavy (non-hydrogen) atoms. The minimum atomic E-state index is 0.473. The van der Waals surface area contributed by atoms with Gasteiger partial charge in [-0.1, -0.05) is 0 Å². The molecule has 0 atom stereocenters. The highest BCUT2D eigenvalue weighted by atomic mass is 15.3. The van der Waals surface area contributed by atoms with Crippen molar-refractivity contribution >= 4 is 11.6 Å².